The standard InChI is InChI=1S/C24H24Cl2N4O/c1-15-12-17(3)19(13-16(15)2)22-6-7-23(28-27-22)29-8-10-30(11-9-29)24(31)20-14-18(25)4-5-21(20)26/h4-7,12-14H,8-11H2,1-3H3. The van der Waals surface area contributed by atoms with Crippen LogP contribution in [0.1, 0.15) is 27.0 Å². The molecule has 5 nitrogen and oxygen atoms in total. The molecule has 0 atom stereocenters. The molecule has 31 heavy (non-hydrogen) atoms. The number of hydrogen-bond donors (Lipinski definition) is 0. The normalized spacial score (nSPS) is 14.1. The van der Waals surface area contributed by atoms with Gasteiger partial charge < -0.3 is 9.80 Å². The number of anilines is 1. The van der Waals surface area contributed by atoms with E-state index < -0.39 is 0 Å². The average molecular weight is 455 g/mol. The summed E-state index contributed by atoms with van der Waals surface area (Å²) < 4.78 is 0. The number of amides is 1. The largest absolute Gasteiger partial charge is 0.352 e. The predicted molar refractivity (Wildman–Crippen MR) is 126 cm³/mol. The number of carbonyl (C=O) groups is 1. The maximum Gasteiger partial charge on any atom is 0.255 e. The van der Waals surface area contributed by atoms with Crippen LogP contribution in [0.2, 0.25) is 10.0 Å². The fourth-order valence-corrected chi connectivity index (χ4v) is 4.21. The second-order valence-electron chi connectivity index (χ2n) is 7.93. The first kappa shape index (κ1) is 21.6. The molecule has 1 aliphatic rings. The van der Waals surface area contributed by atoms with E-state index in [2.05, 4.69) is 48.0 Å². The lowest BCUT2D eigenvalue weighted by Gasteiger charge is -2.35. The molecule has 1 saturated heterocycles. The molecule has 1 aliphatic heterocycles. The summed E-state index contributed by atoms with van der Waals surface area (Å²) in [6.07, 6.45) is 0. The van der Waals surface area contributed by atoms with Crippen LogP contribution in [0.25, 0.3) is 11.3 Å². The Morgan fingerprint density at radius 1 is 0.839 bits per heavy atom. The predicted octanol–water partition coefficient (Wildman–Crippen LogP) is 5.34. The van der Waals surface area contributed by atoms with E-state index in [1.807, 2.05) is 12.1 Å². The Kier molecular flexibility index (Phi) is 6.17. The summed E-state index contributed by atoms with van der Waals surface area (Å²) in [6, 6.07) is 13.3. The minimum atomic E-state index is -0.0983. The smallest absolute Gasteiger partial charge is 0.255 e. The molecule has 0 saturated carbocycles. The molecule has 3 aromatic rings. The molecule has 0 spiro atoms. The number of rotatable bonds is 3. The van der Waals surface area contributed by atoms with Gasteiger partial charge in [0.15, 0.2) is 5.82 Å². The summed E-state index contributed by atoms with van der Waals surface area (Å²) in [4.78, 5) is 16.8. The van der Waals surface area contributed by atoms with Gasteiger partial charge >= 0.3 is 0 Å². The minimum Gasteiger partial charge on any atom is -0.352 e. The zero-order valence-electron chi connectivity index (χ0n) is 17.8. The molecular formula is C24H24Cl2N4O. The van der Waals surface area contributed by atoms with Crippen molar-refractivity contribution in [3.8, 4) is 11.3 Å². The third-order valence-electron chi connectivity index (χ3n) is 5.82. The van der Waals surface area contributed by atoms with E-state index in [0.29, 0.717) is 41.8 Å². The van der Waals surface area contributed by atoms with Crippen LogP contribution in [-0.2, 0) is 0 Å². The number of piperazine rings is 1. The Labute approximate surface area is 192 Å². The van der Waals surface area contributed by atoms with Crippen LogP contribution in [0.4, 0.5) is 5.82 Å². The molecule has 1 amide bonds. The van der Waals surface area contributed by atoms with Gasteiger partial charge in [-0.15, -0.1) is 10.2 Å². The molecule has 0 bridgehead atoms. The van der Waals surface area contributed by atoms with E-state index >= 15 is 0 Å². The molecule has 160 valence electrons. The first-order chi connectivity index (χ1) is 14.8. The van der Waals surface area contributed by atoms with Crippen LogP contribution in [0.3, 0.4) is 0 Å². The van der Waals surface area contributed by atoms with E-state index in [1.165, 1.54) is 16.7 Å². The molecule has 1 fully saturated rings. The van der Waals surface area contributed by atoms with Crippen LogP contribution in [0, 0.1) is 20.8 Å². The van der Waals surface area contributed by atoms with Gasteiger partial charge in [-0.05, 0) is 73.9 Å². The van der Waals surface area contributed by atoms with Crippen LogP contribution in [0.15, 0.2) is 42.5 Å². The first-order valence-electron chi connectivity index (χ1n) is 10.2. The molecule has 7 heteroatoms. The maximum absolute atomic E-state index is 12.8. The third-order valence-corrected chi connectivity index (χ3v) is 6.38. The van der Waals surface area contributed by atoms with Crippen molar-refractivity contribution in [3.63, 3.8) is 0 Å². The molecule has 0 radical (unpaired) electrons. The second kappa shape index (κ2) is 8.85. The van der Waals surface area contributed by atoms with Crippen molar-refractivity contribution in [2.24, 2.45) is 0 Å². The lowest BCUT2D eigenvalue weighted by atomic mass is 9.99. The van der Waals surface area contributed by atoms with Gasteiger partial charge in [-0.3, -0.25) is 4.79 Å². The quantitative estimate of drug-likeness (QED) is 0.535. The monoisotopic (exact) mass is 454 g/mol. The number of aryl methyl sites for hydroxylation is 3. The minimum absolute atomic E-state index is 0.0983. The highest BCUT2D eigenvalue weighted by Gasteiger charge is 2.24. The van der Waals surface area contributed by atoms with Gasteiger partial charge in [0.2, 0.25) is 0 Å². The molecule has 0 unspecified atom stereocenters. The highest BCUT2D eigenvalue weighted by molar-refractivity contribution is 6.35. The fourth-order valence-electron chi connectivity index (χ4n) is 3.84. The first-order valence-corrected chi connectivity index (χ1v) is 11.0. The Hall–Kier alpha value is -2.63. The zero-order chi connectivity index (χ0) is 22.1. The average Bonchev–Trinajstić information content (AvgIpc) is 2.78. The van der Waals surface area contributed by atoms with Gasteiger partial charge in [0.05, 0.1) is 16.3 Å². The van der Waals surface area contributed by atoms with Gasteiger partial charge in [-0.25, -0.2) is 0 Å². The van der Waals surface area contributed by atoms with Gasteiger partial charge in [0.1, 0.15) is 0 Å². The van der Waals surface area contributed by atoms with E-state index in [1.54, 1.807) is 23.1 Å². The number of halogens is 2. The van der Waals surface area contributed by atoms with Gasteiger partial charge in [-0.1, -0.05) is 29.3 Å². The van der Waals surface area contributed by atoms with E-state index in [0.717, 1.165) is 17.1 Å². The Morgan fingerprint density at radius 2 is 1.55 bits per heavy atom. The molecule has 1 aromatic heterocycles. The maximum atomic E-state index is 12.8. The molecule has 0 aliphatic carbocycles. The summed E-state index contributed by atoms with van der Waals surface area (Å²) in [6.45, 7) is 8.85. The van der Waals surface area contributed by atoms with Crippen molar-refractivity contribution < 1.29 is 4.79 Å². The van der Waals surface area contributed by atoms with Crippen molar-refractivity contribution in [1.29, 1.82) is 0 Å². The number of benzene rings is 2. The molecular weight excluding hydrogens is 431 g/mol. The zero-order valence-corrected chi connectivity index (χ0v) is 19.3. The molecule has 4 rings (SSSR count). The number of hydrogen-bond acceptors (Lipinski definition) is 4. The fraction of sp³-hybridized carbons (Fsp3) is 0.292. The Bertz CT molecular complexity index is 1120. The summed E-state index contributed by atoms with van der Waals surface area (Å²) in [5.74, 6) is 0.719. The van der Waals surface area contributed by atoms with Gasteiger partial charge in [-0.2, -0.15) is 0 Å². The van der Waals surface area contributed by atoms with Crippen LogP contribution in [0.5, 0.6) is 0 Å². The van der Waals surface area contributed by atoms with E-state index in [4.69, 9.17) is 23.2 Å². The Morgan fingerprint density at radius 3 is 2.23 bits per heavy atom. The lowest BCUT2D eigenvalue weighted by molar-refractivity contribution is 0.0746. The van der Waals surface area contributed by atoms with Crippen molar-refractivity contribution >= 4 is 34.9 Å². The van der Waals surface area contributed by atoms with Crippen LogP contribution >= 0.6 is 23.2 Å². The number of aromatic nitrogens is 2. The topological polar surface area (TPSA) is 49.3 Å². The molecule has 2 aromatic carbocycles. The summed E-state index contributed by atoms with van der Waals surface area (Å²) in [5.41, 5.74) is 6.13. The van der Waals surface area contributed by atoms with E-state index in [-0.39, 0.29) is 5.91 Å². The summed E-state index contributed by atoms with van der Waals surface area (Å²) >= 11 is 12.2. The SMILES string of the molecule is Cc1cc(C)c(-c2ccc(N3CCN(C(=O)c4cc(Cl)ccc4Cl)CC3)nn2)cc1C. The van der Waals surface area contributed by atoms with Crippen molar-refractivity contribution in [2.75, 3.05) is 31.1 Å². The number of nitrogens with zero attached hydrogens (tertiary/aromatic N) is 4. The van der Waals surface area contributed by atoms with Crippen molar-refractivity contribution in [3.05, 3.63) is 74.8 Å². The number of carbonyl (C=O) groups excluding carboxylic acids is 1. The van der Waals surface area contributed by atoms with E-state index in [9.17, 15) is 4.79 Å². The third kappa shape index (κ3) is 4.53. The van der Waals surface area contributed by atoms with Gasteiger partial charge in [0, 0.05) is 36.8 Å². The summed E-state index contributed by atoms with van der Waals surface area (Å²) in [7, 11) is 0. The second-order valence-corrected chi connectivity index (χ2v) is 8.78. The molecule has 0 N–H and O–H groups in total. The lowest BCUT2D eigenvalue weighted by Crippen LogP contribution is -2.49. The Balaban J connectivity index is 1.44. The van der Waals surface area contributed by atoms with Crippen LogP contribution in [-0.4, -0.2) is 47.2 Å². The summed E-state index contributed by atoms with van der Waals surface area (Å²) in [5, 5.41) is 9.85. The van der Waals surface area contributed by atoms with Crippen molar-refractivity contribution in [1.82, 2.24) is 15.1 Å². The highest BCUT2D eigenvalue weighted by Crippen LogP contribution is 2.26. The van der Waals surface area contributed by atoms with Crippen LogP contribution < -0.4 is 4.90 Å². The van der Waals surface area contributed by atoms with Crippen molar-refractivity contribution in [2.45, 2.75) is 20.8 Å². The molecule has 2 heterocycles. The van der Waals surface area contributed by atoms with Gasteiger partial charge in [0.25, 0.3) is 5.91 Å². The highest BCUT2D eigenvalue weighted by atomic mass is 35.5.